The van der Waals surface area contributed by atoms with Crippen molar-refractivity contribution in [3.8, 4) is 0 Å². The summed E-state index contributed by atoms with van der Waals surface area (Å²) in [5.41, 5.74) is 1.50. The van der Waals surface area contributed by atoms with Crippen LogP contribution in [-0.2, 0) is 11.3 Å². The van der Waals surface area contributed by atoms with Gasteiger partial charge in [-0.1, -0.05) is 19.9 Å². The number of pyridine rings is 1. The van der Waals surface area contributed by atoms with Gasteiger partial charge in [0, 0.05) is 39.2 Å². The molecule has 0 aliphatic rings. The van der Waals surface area contributed by atoms with E-state index in [9.17, 15) is 0 Å². The first-order valence-electron chi connectivity index (χ1n) is 5.73. The van der Waals surface area contributed by atoms with Crippen LogP contribution in [-0.4, -0.2) is 25.2 Å². The molecule has 0 fully saturated rings. The monoisotopic (exact) mass is 222 g/mol. The van der Waals surface area contributed by atoms with Gasteiger partial charge in [0.25, 0.3) is 0 Å². The Bertz CT molecular complexity index is 285. The predicted molar refractivity (Wildman–Crippen MR) is 66.2 cm³/mol. The lowest BCUT2D eigenvalue weighted by atomic mass is 9.89. The summed E-state index contributed by atoms with van der Waals surface area (Å²) in [6.07, 6.45) is 4.77. The average Bonchev–Trinajstić information content (AvgIpc) is 2.28. The molecule has 3 heteroatoms. The molecule has 0 aliphatic carbocycles. The molecule has 1 N–H and O–H groups in total. The van der Waals surface area contributed by atoms with Crippen LogP contribution in [0.25, 0.3) is 0 Å². The van der Waals surface area contributed by atoms with E-state index in [1.807, 2.05) is 12.3 Å². The smallest absolute Gasteiger partial charge is 0.0467 e. The zero-order valence-corrected chi connectivity index (χ0v) is 10.5. The summed E-state index contributed by atoms with van der Waals surface area (Å²) in [6.45, 7) is 7.20. The predicted octanol–water partition coefficient (Wildman–Crippen LogP) is 2.23. The van der Waals surface area contributed by atoms with Crippen LogP contribution >= 0.6 is 0 Å². The summed E-state index contributed by atoms with van der Waals surface area (Å²) >= 11 is 0. The van der Waals surface area contributed by atoms with Gasteiger partial charge in [-0.05, 0) is 23.5 Å². The summed E-state index contributed by atoms with van der Waals surface area (Å²) < 4.78 is 5.10. The lowest BCUT2D eigenvalue weighted by molar-refractivity contribution is 0.150. The Labute approximate surface area is 98.2 Å². The molecule has 1 aromatic heterocycles. The molecule has 3 nitrogen and oxygen atoms in total. The van der Waals surface area contributed by atoms with Crippen molar-refractivity contribution in [1.29, 1.82) is 0 Å². The summed E-state index contributed by atoms with van der Waals surface area (Å²) in [5.74, 6) is 0. The second kappa shape index (κ2) is 6.61. The fraction of sp³-hybridized carbons (Fsp3) is 0.615. The van der Waals surface area contributed by atoms with Crippen molar-refractivity contribution in [3.63, 3.8) is 0 Å². The van der Waals surface area contributed by atoms with Gasteiger partial charge < -0.3 is 10.1 Å². The number of nitrogens with zero attached hydrogens (tertiary/aromatic N) is 1. The molecule has 0 aromatic carbocycles. The molecule has 1 rings (SSSR count). The van der Waals surface area contributed by atoms with Crippen LogP contribution in [0.2, 0.25) is 0 Å². The molecular formula is C13H22N2O. The molecule has 0 saturated carbocycles. The third kappa shape index (κ3) is 5.24. The minimum Gasteiger partial charge on any atom is -0.385 e. The van der Waals surface area contributed by atoms with Gasteiger partial charge in [0.05, 0.1) is 0 Å². The molecule has 90 valence electrons. The van der Waals surface area contributed by atoms with Crippen molar-refractivity contribution in [2.45, 2.75) is 26.8 Å². The highest BCUT2D eigenvalue weighted by Gasteiger charge is 2.16. The molecule has 16 heavy (non-hydrogen) atoms. The zero-order valence-electron chi connectivity index (χ0n) is 10.5. The van der Waals surface area contributed by atoms with Crippen molar-refractivity contribution < 1.29 is 4.74 Å². The summed E-state index contributed by atoms with van der Waals surface area (Å²) in [7, 11) is 1.75. The van der Waals surface area contributed by atoms with Crippen molar-refractivity contribution in [2.75, 3.05) is 20.3 Å². The van der Waals surface area contributed by atoms with Crippen LogP contribution in [0.5, 0.6) is 0 Å². The standard InChI is InChI=1S/C13H22N2O/c1-13(2,6-8-16-3)11-15-10-12-5-4-7-14-9-12/h4-5,7,9,15H,6,8,10-11H2,1-3H3. The Hall–Kier alpha value is -0.930. The van der Waals surface area contributed by atoms with Crippen molar-refractivity contribution in [1.82, 2.24) is 10.3 Å². The Balaban J connectivity index is 2.24. The molecule has 0 saturated heterocycles. The fourth-order valence-corrected chi connectivity index (χ4v) is 1.51. The lowest BCUT2D eigenvalue weighted by Crippen LogP contribution is -2.30. The van der Waals surface area contributed by atoms with Gasteiger partial charge in [0.2, 0.25) is 0 Å². The third-order valence-electron chi connectivity index (χ3n) is 2.64. The summed E-state index contributed by atoms with van der Waals surface area (Å²) in [6, 6.07) is 4.05. The molecular weight excluding hydrogens is 200 g/mol. The van der Waals surface area contributed by atoms with E-state index in [4.69, 9.17) is 4.74 Å². The lowest BCUT2D eigenvalue weighted by Gasteiger charge is -2.24. The Morgan fingerprint density at radius 1 is 1.44 bits per heavy atom. The SMILES string of the molecule is COCCC(C)(C)CNCc1cccnc1. The molecule has 1 aromatic rings. The van der Waals surface area contributed by atoms with Gasteiger partial charge in [0.15, 0.2) is 0 Å². The maximum atomic E-state index is 5.10. The van der Waals surface area contributed by atoms with E-state index in [-0.39, 0.29) is 5.41 Å². The maximum absolute atomic E-state index is 5.10. The maximum Gasteiger partial charge on any atom is 0.0467 e. The first kappa shape index (κ1) is 13.1. The minimum atomic E-state index is 0.276. The molecule has 0 bridgehead atoms. The first-order chi connectivity index (χ1) is 7.64. The topological polar surface area (TPSA) is 34.1 Å². The zero-order chi connectivity index (χ0) is 11.9. The van der Waals surface area contributed by atoms with Gasteiger partial charge in [-0.3, -0.25) is 4.98 Å². The Morgan fingerprint density at radius 2 is 2.25 bits per heavy atom. The molecule has 0 unspecified atom stereocenters. The number of ether oxygens (including phenoxy) is 1. The van der Waals surface area contributed by atoms with E-state index in [0.29, 0.717) is 0 Å². The fourth-order valence-electron chi connectivity index (χ4n) is 1.51. The van der Waals surface area contributed by atoms with Crippen molar-refractivity contribution >= 4 is 0 Å². The Kier molecular flexibility index (Phi) is 5.43. The highest BCUT2D eigenvalue weighted by molar-refractivity contribution is 5.07. The average molecular weight is 222 g/mol. The first-order valence-corrected chi connectivity index (χ1v) is 5.73. The number of aromatic nitrogens is 1. The minimum absolute atomic E-state index is 0.276. The van der Waals surface area contributed by atoms with Gasteiger partial charge in [-0.15, -0.1) is 0 Å². The molecule has 0 spiro atoms. The van der Waals surface area contributed by atoms with E-state index in [0.717, 1.165) is 26.1 Å². The number of hydrogen-bond acceptors (Lipinski definition) is 3. The van der Waals surface area contributed by atoms with Crippen molar-refractivity contribution in [3.05, 3.63) is 30.1 Å². The summed E-state index contributed by atoms with van der Waals surface area (Å²) in [5, 5.41) is 3.46. The highest BCUT2D eigenvalue weighted by Crippen LogP contribution is 2.18. The van der Waals surface area contributed by atoms with Crippen molar-refractivity contribution in [2.24, 2.45) is 5.41 Å². The number of hydrogen-bond donors (Lipinski definition) is 1. The van der Waals surface area contributed by atoms with E-state index in [1.165, 1.54) is 5.56 Å². The molecule has 0 aliphatic heterocycles. The number of methoxy groups -OCH3 is 1. The normalized spacial score (nSPS) is 11.7. The number of nitrogens with one attached hydrogen (secondary N) is 1. The second-order valence-electron chi connectivity index (χ2n) is 4.87. The van der Waals surface area contributed by atoms with Crippen LogP contribution in [0, 0.1) is 5.41 Å². The third-order valence-corrected chi connectivity index (χ3v) is 2.64. The Morgan fingerprint density at radius 3 is 2.88 bits per heavy atom. The van der Waals surface area contributed by atoms with Gasteiger partial charge in [0.1, 0.15) is 0 Å². The number of rotatable bonds is 7. The quantitative estimate of drug-likeness (QED) is 0.768. The van der Waals surface area contributed by atoms with Gasteiger partial charge in [-0.25, -0.2) is 0 Å². The van der Waals surface area contributed by atoms with Crippen LogP contribution < -0.4 is 5.32 Å². The van der Waals surface area contributed by atoms with Gasteiger partial charge in [-0.2, -0.15) is 0 Å². The molecule has 0 atom stereocenters. The van der Waals surface area contributed by atoms with Crippen LogP contribution in [0.1, 0.15) is 25.8 Å². The highest BCUT2D eigenvalue weighted by atomic mass is 16.5. The van der Waals surface area contributed by atoms with Gasteiger partial charge >= 0.3 is 0 Å². The van der Waals surface area contributed by atoms with Crippen LogP contribution in [0.3, 0.4) is 0 Å². The molecule has 0 amide bonds. The van der Waals surface area contributed by atoms with E-state index < -0.39 is 0 Å². The summed E-state index contributed by atoms with van der Waals surface area (Å²) in [4.78, 5) is 4.09. The molecule has 0 radical (unpaired) electrons. The largest absolute Gasteiger partial charge is 0.385 e. The second-order valence-corrected chi connectivity index (χ2v) is 4.87. The molecule has 1 heterocycles. The van der Waals surface area contributed by atoms with Crippen LogP contribution in [0.15, 0.2) is 24.5 Å². The van der Waals surface area contributed by atoms with Crippen LogP contribution in [0.4, 0.5) is 0 Å². The van der Waals surface area contributed by atoms with E-state index in [1.54, 1.807) is 13.3 Å². The van der Waals surface area contributed by atoms with E-state index in [2.05, 4.69) is 30.2 Å². The van der Waals surface area contributed by atoms with E-state index >= 15 is 0 Å².